The predicted octanol–water partition coefficient (Wildman–Crippen LogP) is 4.68. The van der Waals surface area contributed by atoms with E-state index < -0.39 is 29.1 Å². The molecule has 7 heteroatoms. The first-order valence-electron chi connectivity index (χ1n) is 7.63. The van der Waals surface area contributed by atoms with Crippen molar-refractivity contribution in [3.05, 3.63) is 87.2 Å². The van der Waals surface area contributed by atoms with Gasteiger partial charge in [0.15, 0.2) is 0 Å². The smallest absolute Gasteiger partial charge is 0.320 e. The van der Waals surface area contributed by atoms with E-state index in [1.807, 2.05) is 35.6 Å². The first-order chi connectivity index (χ1) is 11.8. The van der Waals surface area contributed by atoms with Crippen LogP contribution in [0.2, 0.25) is 0 Å². The monoisotopic (exact) mass is 348 g/mol. The first-order valence-corrected chi connectivity index (χ1v) is 7.63. The number of hydrogen-bond acceptors (Lipinski definition) is 2. The van der Waals surface area contributed by atoms with Crippen LogP contribution in [0, 0.1) is 17.0 Å². The van der Waals surface area contributed by atoms with E-state index in [1.165, 1.54) is 12.1 Å². The number of alkyl halides is 3. The molecule has 0 radical (unpaired) electrons. The third-order valence-corrected chi connectivity index (χ3v) is 4.22. The fourth-order valence-corrected chi connectivity index (χ4v) is 3.13. The molecule has 2 aromatic heterocycles. The quantitative estimate of drug-likeness (QED) is 0.508. The number of aryl methyl sites for hydroxylation is 1. The molecule has 25 heavy (non-hydrogen) atoms. The summed E-state index contributed by atoms with van der Waals surface area (Å²) in [4.78, 5) is 10.7. The molecule has 3 rings (SSSR count). The average molecular weight is 348 g/mol. The van der Waals surface area contributed by atoms with Crippen LogP contribution in [0.15, 0.2) is 54.7 Å². The summed E-state index contributed by atoms with van der Waals surface area (Å²) in [7, 11) is 0. The number of aromatic nitrogens is 1. The van der Waals surface area contributed by atoms with Crippen LogP contribution in [0.4, 0.5) is 13.2 Å². The summed E-state index contributed by atoms with van der Waals surface area (Å²) in [6, 6.07) is 12.0. The van der Waals surface area contributed by atoms with Crippen molar-refractivity contribution >= 4 is 5.52 Å². The highest BCUT2D eigenvalue weighted by molar-refractivity contribution is 5.55. The minimum Gasteiger partial charge on any atom is -0.320 e. The van der Waals surface area contributed by atoms with Crippen molar-refractivity contribution in [3.63, 3.8) is 0 Å². The Morgan fingerprint density at radius 1 is 1.16 bits per heavy atom. The van der Waals surface area contributed by atoms with Crippen LogP contribution in [-0.4, -0.2) is 15.9 Å². The Labute approximate surface area is 141 Å². The van der Waals surface area contributed by atoms with Gasteiger partial charge >= 0.3 is 6.18 Å². The molecule has 0 saturated carbocycles. The SMILES string of the molecule is Cc1cc2ccccn2c1C(C[N+](=O)[O-])c1ccc(C(F)(F)F)cc1. The molecule has 3 aromatic rings. The van der Waals surface area contributed by atoms with Gasteiger partial charge in [-0.15, -0.1) is 0 Å². The molecular weight excluding hydrogens is 333 g/mol. The van der Waals surface area contributed by atoms with Crippen LogP contribution < -0.4 is 0 Å². The van der Waals surface area contributed by atoms with Gasteiger partial charge in [0.1, 0.15) is 0 Å². The summed E-state index contributed by atoms with van der Waals surface area (Å²) in [5.74, 6) is -0.637. The van der Waals surface area contributed by atoms with Crippen LogP contribution in [0.5, 0.6) is 0 Å². The van der Waals surface area contributed by atoms with Crippen LogP contribution in [0.3, 0.4) is 0 Å². The standard InChI is InChI=1S/C18H15F3N2O2/c1-12-10-15-4-2-3-9-22(15)17(12)16(11-23(24)25)13-5-7-14(8-6-13)18(19,20)21/h2-10,16H,11H2,1H3. The number of halogens is 3. The van der Waals surface area contributed by atoms with Gasteiger partial charge in [0.05, 0.1) is 11.5 Å². The second-order valence-electron chi connectivity index (χ2n) is 5.90. The summed E-state index contributed by atoms with van der Waals surface area (Å²) in [6.45, 7) is 1.45. The van der Waals surface area contributed by atoms with Crippen molar-refractivity contribution in [2.24, 2.45) is 0 Å². The lowest BCUT2D eigenvalue weighted by molar-refractivity contribution is -0.482. The molecule has 4 nitrogen and oxygen atoms in total. The maximum absolute atomic E-state index is 12.8. The van der Waals surface area contributed by atoms with E-state index in [1.54, 1.807) is 6.20 Å². The van der Waals surface area contributed by atoms with E-state index in [2.05, 4.69) is 0 Å². The van der Waals surface area contributed by atoms with Crippen molar-refractivity contribution in [1.82, 2.24) is 4.40 Å². The molecule has 0 aliphatic carbocycles. The zero-order chi connectivity index (χ0) is 18.2. The third kappa shape index (κ3) is 3.35. The Hall–Kier alpha value is -2.83. The molecule has 0 N–H and O–H groups in total. The van der Waals surface area contributed by atoms with Crippen LogP contribution in [0.25, 0.3) is 5.52 Å². The van der Waals surface area contributed by atoms with E-state index in [4.69, 9.17) is 0 Å². The van der Waals surface area contributed by atoms with Gasteiger partial charge in [-0.1, -0.05) is 18.2 Å². The number of nitro groups is 1. The summed E-state index contributed by atoms with van der Waals surface area (Å²) in [6.07, 6.45) is -2.64. The fraction of sp³-hybridized carbons (Fsp3) is 0.222. The number of nitrogens with zero attached hydrogens (tertiary/aromatic N) is 2. The van der Waals surface area contributed by atoms with Crippen molar-refractivity contribution in [2.75, 3.05) is 6.54 Å². The molecule has 0 bridgehead atoms. The molecule has 0 spiro atoms. The lowest BCUT2D eigenvalue weighted by Gasteiger charge is -2.16. The zero-order valence-corrected chi connectivity index (χ0v) is 13.3. The predicted molar refractivity (Wildman–Crippen MR) is 87.3 cm³/mol. The molecular formula is C18H15F3N2O2. The Balaban J connectivity index is 2.11. The minimum absolute atomic E-state index is 0.396. The van der Waals surface area contributed by atoms with Crippen molar-refractivity contribution < 1.29 is 18.1 Å². The minimum atomic E-state index is -4.44. The average Bonchev–Trinajstić information content (AvgIpc) is 2.87. The van der Waals surface area contributed by atoms with Crippen molar-refractivity contribution in [3.8, 4) is 0 Å². The summed E-state index contributed by atoms with van der Waals surface area (Å²) in [5.41, 5.74) is 2.17. The summed E-state index contributed by atoms with van der Waals surface area (Å²) in [5, 5.41) is 11.2. The summed E-state index contributed by atoms with van der Waals surface area (Å²) < 4.78 is 40.1. The molecule has 2 heterocycles. The Morgan fingerprint density at radius 3 is 2.44 bits per heavy atom. The van der Waals surface area contributed by atoms with Gasteiger partial charge in [-0.25, -0.2) is 0 Å². The molecule has 0 amide bonds. The molecule has 1 atom stereocenters. The number of hydrogen-bond donors (Lipinski definition) is 0. The van der Waals surface area contributed by atoms with Gasteiger partial charge in [-0.3, -0.25) is 10.1 Å². The topological polar surface area (TPSA) is 47.5 Å². The van der Waals surface area contributed by atoms with Gasteiger partial charge in [0, 0.05) is 22.3 Å². The number of rotatable bonds is 4. The van der Waals surface area contributed by atoms with E-state index in [9.17, 15) is 23.3 Å². The maximum atomic E-state index is 12.8. The Bertz CT molecular complexity index is 914. The Morgan fingerprint density at radius 2 is 1.84 bits per heavy atom. The van der Waals surface area contributed by atoms with E-state index in [-0.39, 0.29) is 0 Å². The normalized spacial score (nSPS) is 13.1. The highest BCUT2D eigenvalue weighted by atomic mass is 19.4. The molecule has 0 aliphatic rings. The largest absolute Gasteiger partial charge is 0.416 e. The molecule has 0 aliphatic heterocycles. The molecule has 130 valence electrons. The van der Waals surface area contributed by atoms with Crippen molar-refractivity contribution in [2.45, 2.75) is 19.0 Å². The maximum Gasteiger partial charge on any atom is 0.416 e. The van der Waals surface area contributed by atoms with Crippen LogP contribution in [0.1, 0.15) is 28.3 Å². The van der Waals surface area contributed by atoms with Gasteiger partial charge in [0.25, 0.3) is 0 Å². The van der Waals surface area contributed by atoms with E-state index in [0.29, 0.717) is 11.3 Å². The summed E-state index contributed by atoms with van der Waals surface area (Å²) >= 11 is 0. The highest BCUT2D eigenvalue weighted by Gasteiger charge is 2.31. The molecule has 1 unspecified atom stereocenters. The molecule has 0 fully saturated rings. The second-order valence-corrected chi connectivity index (χ2v) is 5.90. The van der Waals surface area contributed by atoms with Gasteiger partial charge < -0.3 is 4.40 Å². The van der Waals surface area contributed by atoms with Gasteiger partial charge in [-0.05, 0) is 48.4 Å². The number of pyridine rings is 1. The number of fused-ring (bicyclic) bond motifs is 1. The lowest BCUT2D eigenvalue weighted by Crippen LogP contribution is -2.17. The van der Waals surface area contributed by atoms with Gasteiger partial charge in [0.2, 0.25) is 6.54 Å². The van der Waals surface area contributed by atoms with E-state index in [0.717, 1.165) is 23.2 Å². The second kappa shape index (κ2) is 6.23. The third-order valence-electron chi connectivity index (χ3n) is 4.22. The first kappa shape index (κ1) is 17.0. The highest BCUT2D eigenvalue weighted by Crippen LogP contribution is 2.33. The van der Waals surface area contributed by atoms with Gasteiger partial charge in [-0.2, -0.15) is 13.2 Å². The number of benzene rings is 1. The lowest BCUT2D eigenvalue weighted by atomic mass is 9.92. The van der Waals surface area contributed by atoms with E-state index >= 15 is 0 Å². The van der Waals surface area contributed by atoms with Crippen LogP contribution in [-0.2, 0) is 6.18 Å². The Kier molecular flexibility index (Phi) is 4.24. The molecule has 0 saturated heterocycles. The fourth-order valence-electron chi connectivity index (χ4n) is 3.13. The van der Waals surface area contributed by atoms with Crippen LogP contribution >= 0.6 is 0 Å². The van der Waals surface area contributed by atoms with Crippen molar-refractivity contribution in [1.29, 1.82) is 0 Å². The molecule has 1 aromatic carbocycles. The zero-order valence-electron chi connectivity index (χ0n) is 13.3.